The molecule has 2 saturated carbocycles. The summed E-state index contributed by atoms with van der Waals surface area (Å²) in [4.78, 5) is 4.41. The normalized spacial score (nSPS) is 30.8. The molecule has 1 aromatic rings. The van der Waals surface area contributed by atoms with E-state index in [0.717, 1.165) is 35.7 Å². The molecule has 92 valence electrons. The number of aromatic nitrogens is 3. The summed E-state index contributed by atoms with van der Waals surface area (Å²) in [6, 6.07) is 0. The van der Waals surface area contributed by atoms with E-state index in [2.05, 4.69) is 20.5 Å². The van der Waals surface area contributed by atoms with E-state index in [0.29, 0.717) is 5.95 Å². The van der Waals surface area contributed by atoms with Crippen LogP contribution in [0, 0.1) is 31.6 Å². The van der Waals surface area contributed by atoms with Gasteiger partial charge in [-0.3, -0.25) is 0 Å². The zero-order chi connectivity index (χ0) is 11.8. The van der Waals surface area contributed by atoms with Crippen LogP contribution in [-0.2, 0) is 0 Å². The molecule has 2 bridgehead atoms. The lowest BCUT2D eigenvalue weighted by Crippen LogP contribution is -2.21. The summed E-state index contributed by atoms with van der Waals surface area (Å²) in [6.07, 6.45) is 5.75. The smallest absolute Gasteiger partial charge is 0.242 e. The highest BCUT2D eigenvalue weighted by Crippen LogP contribution is 2.48. The molecule has 0 saturated heterocycles. The van der Waals surface area contributed by atoms with Crippen molar-refractivity contribution < 1.29 is 0 Å². The molecule has 3 rings (SSSR count). The molecule has 3 unspecified atom stereocenters. The zero-order valence-corrected chi connectivity index (χ0v) is 10.6. The Labute approximate surface area is 102 Å². The van der Waals surface area contributed by atoms with Crippen LogP contribution in [0.4, 0.5) is 5.95 Å². The number of anilines is 1. The molecule has 17 heavy (non-hydrogen) atoms. The molecule has 0 amide bonds. The number of nitrogens with zero attached hydrogens (tertiary/aromatic N) is 3. The van der Waals surface area contributed by atoms with Crippen molar-refractivity contribution in [1.82, 2.24) is 15.2 Å². The Hall–Kier alpha value is -1.19. The first-order chi connectivity index (χ1) is 8.22. The van der Waals surface area contributed by atoms with Gasteiger partial charge in [-0.25, -0.2) is 4.98 Å². The van der Waals surface area contributed by atoms with Gasteiger partial charge in [0.15, 0.2) is 0 Å². The highest BCUT2D eigenvalue weighted by atomic mass is 15.2. The van der Waals surface area contributed by atoms with E-state index in [1.165, 1.54) is 25.7 Å². The molecule has 2 aliphatic carbocycles. The second kappa shape index (κ2) is 4.24. The minimum Gasteiger partial charge on any atom is -0.353 e. The summed E-state index contributed by atoms with van der Waals surface area (Å²) in [5, 5.41) is 11.5. The first kappa shape index (κ1) is 10.9. The average Bonchev–Trinajstić information content (AvgIpc) is 2.92. The Kier molecular flexibility index (Phi) is 2.73. The first-order valence-electron chi connectivity index (χ1n) is 6.64. The van der Waals surface area contributed by atoms with Gasteiger partial charge >= 0.3 is 0 Å². The predicted octanol–water partition coefficient (Wildman–Crippen LogP) is 2.34. The third-order valence-corrected chi connectivity index (χ3v) is 4.50. The second-order valence-corrected chi connectivity index (χ2v) is 5.62. The van der Waals surface area contributed by atoms with Gasteiger partial charge in [-0.1, -0.05) is 6.42 Å². The van der Waals surface area contributed by atoms with Crippen LogP contribution in [0.1, 0.15) is 37.1 Å². The molecule has 4 nitrogen and oxygen atoms in total. The topological polar surface area (TPSA) is 50.7 Å². The molecule has 0 aliphatic heterocycles. The Morgan fingerprint density at radius 1 is 1.12 bits per heavy atom. The average molecular weight is 232 g/mol. The summed E-state index contributed by atoms with van der Waals surface area (Å²) in [7, 11) is 0. The number of aryl methyl sites for hydroxylation is 2. The van der Waals surface area contributed by atoms with E-state index in [1.807, 2.05) is 13.8 Å². The zero-order valence-electron chi connectivity index (χ0n) is 10.6. The van der Waals surface area contributed by atoms with Gasteiger partial charge in [0.2, 0.25) is 5.95 Å². The summed E-state index contributed by atoms with van der Waals surface area (Å²) in [6.45, 7) is 4.94. The minimum absolute atomic E-state index is 0.691. The molecule has 3 atom stereocenters. The maximum absolute atomic E-state index is 4.41. The van der Waals surface area contributed by atoms with Crippen LogP contribution in [0.15, 0.2) is 0 Å². The van der Waals surface area contributed by atoms with Gasteiger partial charge in [0.1, 0.15) is 0 Å². The van der Waals surface area contributed by atoms with Crippen LogP contribution < -0.4 is 5.32 Å². The third kappa shape index (κ3) is 2.13. The summed E-state index contributed by atoms with van der Waals surface area (Å²) in [5.41, 5.74) is 1.88. The molecule has 1 heterocycles. The van der Waals surface area contributed by atoms with Gasteiger partial charge in [-0.15, -0.1) is 5.10 Å². The van der Waals surface area contributed by atoms with Crippen LogP contribution in [-0.4, -0.2) is 21.7 Å². The minimum atomic E-state index is 0.691. The van der Waals surface area contributed by atoms with Crippen LogP contribution >= 0.6 is 0 Å². The maximum atomic E-state index is 4.41. The van der Waals surface area contributed by atoms with E-state index in [1.54, 1.807) is 0 Å². The van der Waals surface area contributed by atoms with Gasteiger partial charge in [0, 0.05) is 6.54 Å². The number of nitrogens with one attached hydrogen (secondary N) is 1. The summed E-state index contributed by atoms with van der Waals surface area (Å²) >= 11 is 0. The van der Waals surface area contributed by atoms with Gasteiger partial charge in [0.05, 0.1) is 11.4 Å². The van der Waals surface area contributed by atoms with Gasteiger partial charge in [-0.2, -0.15) is 5.10 Å². The number of fused-ring (bicyclic) bond motifs is 2. The van der Waals surface area contributed by atoms with E-state index in [-0.39, 0.29) is 0 Å². The molecule has 0 spiro atoms. The fourth-order valence-corrected chi connectivity index (χ4v) is 3.38. The van der Waals surface area contributed by atoms with Crippen molar-refractivity contribution in [3.8, 4) is 0 Å². The quantitative estimate of drug-likeness (QED) is 0.869. The van der Waals surface area contributed by atoms with Gasteiger partial charge < -0.3 is 5.32 Å². The Bertz CT molecular complexity index is 418. The first-order valence-corrected chi connectivity index (χ1v) is 6.64. The highest BCUT2D eigenvalue weighted by Gasteiger charge is 2.39. The van der Waals surface area contributed by atoms with E-state index in [9.17, 15) is 0 Å². The SMILES string of the molecule is Cc1nnc(NCC2CC3CCC2C3)nc1C. The fourth-order valence-electron chi connectivity index (χ4n) is 3.38. The Morgan fingerprint density at radius 3 is 2.65 bits per heavy atom. The maximum Gasteiger partial charge on any atom is 0.242 e. The molecule has 1 aromatic heterocycles. The number of hydrogen-bond acceptors (Lipinski definition) is 4. The van der Waals surface area contributed by atoms with E-state index in [4.69, 9.17) is 0 Å². The fraction of sp³-hybridized carbons (Fsp3) is 0.769. The monoisotopic (exact) mass is 232 g/mol. The van der Waals surface area contributed by atoms with Crippen LogP contribution in [0.2, 0.25) is 0 Å². The lowest BCUT2D eigenvalue weighted by Gasteiger charge is -2.21. The lowest BCUT2D eigenvalue weighted by molar-refractivity contribution is 0.348. The Balaban J connectivity index is 1.59. The van der Waals surface area contributed by atoms with Gasteiger partial charge in [0.25, 0.3) is 0 Å². The molecule has 2 aliphatic rings. The van der Waals surface area contributed by atoms with Crippen molar-refractivity contribution in [1.29, 1.82) is 0 Å². The number of rotatable bonds is 3. The van der Waals surface area contributed by atoms with Crippen molar-refractivity contribution in [2.45, 2.75) is 39.5 Å². The van der Waals surface area contributed by atoms with Crippen LogP contribution in [0.25, 0.3) is 0 Å². The van der Waals surface area contributed by atoms with Crippen molar-refractivity contribution >= 4 is 5.95 Å². The standard InChI is InChI=1S/C13H20N4/c1-8-9(2)16-17-13(15-8)14-7-12-6-10-3-4-11(12)5-10/h10-12H,3-7H2,1-2H3,(H,14,15,17). The van der Waals surface area contributed by atoms with Crippen molar-refractivity contribution in [2.24, 2.45) is 17.8 Å². The second-order valence-electron chi connectivity index (χ2n) is 5.62. The highest BCUT2D eigenvalue weighted by molar-refractivity contribution is 5.24. The molecule has 2 fully saturated rings. The van der Waals surface area contributed by atoms with Crippen molar-refractivity contribution in [2.75, 3.05) is 11.9 Å². The molecular weight excluding hydrogens is 212 g/mol. The van der Waals surface area contributed by atoms with Crippen LogP contribution in [0.5, 0.6) is 0 Å². The molecular formula is C13H20N4. The molecule has 1 N–H and O–H groups in total. The third-order valence-electron chi connectivity index (χ3n) is 4.50. The largest absolute Gasteiger partial charge is 0.353 e. The van der Waals surface area contributed by atoms with Gasteiger partial charge in [-0.05, 0) is 50.9 Å². The molecule has 0 aromatic carbocycles. The van der Waals surface area contributed by atoms with Crippen LogP contribution in [0.3, 0.4) is 0 Å². The predicted molar refractivity (Wildman–Crippen MR) is 66.7 cm³/mol. The van der Waals surface area contributed by atoms with E-state index >= 15 is 0 Å². The van der Waals surface area contributed by atoms with Crippen molar-refractivity contribution in [3.63, 3.8) is 0 Å². The molecule has 4 heteroatoms. The summed E-state index contributed by atoms with van der Waals surface area (Å²) < 4.78 is 0. The number of hydrogen-bond donors (Lipinski definition) is 1. The summed E-state index contributed by atoms with van der Waals surface area (Å²) in [5.74, 6) is 3.48. The Morgan fingerprint density at radius 2 is 2.00 bits per heavy atom. The van der Waals surface area contributed by atoms with Crippen molar-refractivity contribution in [3.05, 3.63) is 11.4 Å². The lowest BCUT2D eigenvalue weighted by atomic mass is 9.89. The van der Waals surface area contributed by atoms with E-state index < -0.39 is 0 Å². The molecule has 0 radical (unpaired) electrons.